The van der Waals surface area contributed by atoms with Crippen molar-refractivity contribution in [3.8, 4) is 0 Å². The maximum atomic E-state index is 12.4. The molecule has 0 spiro atoms. The number of anilines is 2. The summed E-state index contributed by atoms with van der Waals surface area (Å²) in [7, 11) is 1.69. The molecule has 0 radical (unpaired) electrons. The molecule has 3 rings (SSSR count). The van der Waals surface area contributed by atoms with E-state index in [1.54, 1.807) is 30.4 Å². The van der Waals surface area contributed by atoms with Gasteiger partial charge < -0.3 is 14.7 Å². The van der Waals surface area contributed by atoms with Crippen LogP contribution in [0.1, 0.15) is 6.42 Å². The number of para-hydroxylation sites is 1. The first-order valence-electron chi connectivity index (χ1n) is 8.26. The summed E-state index contributed by atoms with van der Waals surface area (Å²) in [4.78, 5) is 38.5. The lowest BCUT2D eigenvalue weighted by molar-refractivity contribution is -0.135. The van der Waals surface area contributed by atoms with E-state index >= 15 is 0 Å². The highest BCUT2D eigenvalue weighted by molar-refractivity contribution is 6.04. The first-order valence-corrected chi connectivity index (χ1v) is 8.26. The van der Waals surface area contributed by atoms with Crippen LogP contribution in [0.3, 0.4) is 0 Å². The standard InChI is InChI=1S/C18H21N5O2/c1-21(15-6-3-2-4-7-15)16(24)14-17(25)22-10-12-23(13-11-22)18-19-8-5-9-20-18/h2-9H,10-14H2,1H3. The third-order valence-electron chi connectivity index (χ3n) is 4.29. The Morgan fingerprint density at radius 1 is 1.00 bits per heavy atom. The molecular weight excluding hydrogens is 318 g/mol. The van der Waals surface area contributed by atoms with Gasteiger partial charge in [0.1, 0.15) is 6.42 Å². The van der Waals surface area contributed by atoms with E-state index in [1.165, 1.54) is 4.90 Å². The van der Waals surface area contributed by atoms with E-state index in [0.29, 0.717) is 32.1 Å². The number of benzene rings is 1. The number of hydrogen-bond donors (Lipinski definition) is 0. The van der Waals surface area contributed by atoms with Crippen LogP contribution in [0.25, 0.3) is 0 Å². The topological polar surface area (TPSA) is 69.6 Å². The molecule has 1 aliphatic heterocycles. The Balaban J connectivity index is 1.52. The number of hydrogen-bond acceptors (Lipinski definition) is 5. The predicted molar refractivity (Wildman–Crippen MR) is 95.3 cm³/mol. The van der Waals surface area contributed by atoms with Gasteiger partial charge in [-0.2, -0.15) is 0 Å². The minimum absolute atomic E-state index is 0.118. The van der Waals surface area contributed by atoms with Gasteiger partial charge in [0.2, 0.25) is 17.8 Å². The van der Waals surface area contributed by atoms with Crippen molar-refractivity contribution in [1.29, 1.82) is 0 Å². The average Bonchev–Trinajstić information content (AvgIpc) is 2.68. The first kappa shape index (κ1) is 16.9. The lowest BCUT2D eigenvalue weighted by atomic mass is 10.2. The van der Waals surface area contributed by atoms with Crippen LogP contribution in [0.15, 0.2) is 48.8 Å². The number of piperazine rings is 1. The van der Waals surface area contributed by atoms with Gasteiger partial charge in [-0.05, 0) is 18.2 Å². The van der Waals surface area contributed by atoms with Crippen molar-refractivity contribution in [2.75, 3.05) is 43.0 Å². The summed E-state index contributed by atoms with van der Waals surface area (Å²) in [5.74, 6) is 0.334. The van der Waals surface area contributed by atoms with Gasteiger partial charge in [-0.25, -0.2) is 9.97 Å². The fraction of sp³-hybridized carbons (Fsp3) is 0.333. The Hall–Kier alpha value is -2.96. The molecular formula is C18H21N5O2. The monoisotopic (exact) mass is 339 g/mol. The van der Waals surface area contributed by atoms with E-state index in [9.17, 15) is 9.59 Å². The molecule has 1 aromatic carbocycles. The molecule has 25 heavy (non-hydrogen) atoms. The smallest absolute Gasteiger partial charge is 0.236 e. The van der Waals surface area contributed by atoms with Crippen LogP contribution in [-0.4, -0.2) is 59.9 Å². The SMILES string of the molecule is CN(C(=O)CC(=O)N1CCN(c2ncccn2)CC1)c1ccccc1. The third-order valence-corrected chi connectivity index (χ3v) is 4.29. The minimum Gasteiger partial charge on any atom is -0.339 e. The Morgan fingerprint density at radius 2 is 1.64 bits per heavy atom. The molecule has 130 valence electrons. The molecule has 0 N–H and O–H groups in total. The highest BCUT2D eigenvalue weighted by Gasteiger charge is 2.25. The molecule has 1 aliphatic rings. The van der Waals surface area contributed by atoms with Crippen LogP contribution in [0.4, 0.5) is 11.6 Å². The molecule has 0 saturated carbocycles. The van der Waals surface area contributed by atoms with Gasteiger partial charge in [0, 0.05) is 51.3 Å². The van der Waals surface area contributed by atoms with Gasteiger partial charge in [0.05, 0.1) is 0 Å². The molecule has 0 bridgehead atoms. The maximum absolute atomic E-state index is 12.4. The van der Waals surface area contributed by atoms with Crippen molar-refractivity contribution in [2.24, 2.45) is 0 Å². The normalized spacial score (nSPS) is 14.3. The Kier molecular flexibility index (Phi) is 5.23. The second-order valence-corrected chi connectivity index (χ2v) is 5.88. The minimum atomic E-state index is -0.204. The van der Waals surface area contributed by atoms with Crippen LogP contribution in [0.5, 0.6) is 0 Å². The van der Waals surface area contributed by atoms with Gasteiger partial charge in [-0.1, -0.05) is 18.2 Å². The quantitative estimate of drug-likeness (QED) is 0.783. The van der Waals surface area contributed by atoms with Crippen molar-refractivity contribution in [1.82, 2.24) is 14.9 Å². The summed E-state index contributed by atoms with van der Waals surface area (Å²) in [6.45, 7) is 2.47. The zero-order valence-corrected chi connectivity index (χ0v) is 14.2. The average molecular weight is 339 g/mol. The second-order valence-electron chi connectivity index (χ2n) is 5.88. The largest absolute Gasteiger partial charge is 0.339 e. The number of carbonyl (C=O) groups is 2. The van der Waals surface area contributed by atoms with Crippen molar-refractivity contribution >= 4 is 23.5 Å². The summed E-state index contributed by atoms with van der Waals surface area (Å²) >= 11 is 0. The van der Waals surface area contributed by atoms with Crippen LogP contribution >= 0.6 is 0 Å². The molecule has 0 unspecified atom stereocenters. The van der Waals surface area contributed by atoms with Gasteiger partial charge in [-0.3, -0.25) is 9.59 Å². The predicted octanol–water partition coefficient (Wildman–Crippen LogP) is 1.18. The van der Waals surface area contributed by atoms with Crippen molar-refractivity contribution in [3.63, 3.8) is 0 Å². The number of amides is 2. The third kappa shape index (κ3) is 4.12. The maximum Gasteiger partial charge on any atom is 0.236 e. The van der Waals surface area contributed by atoms with Gasteiger partial charge in [0.15, 0.2) is 0 Å². The lowest BCUT2D eigenvalue weighted by Gasteiger charge is -2.34. The molecule has 7 nitrogen and oxygen atoms in total. The molecule has 2 heterocycles. The Labute approximate surface area is 146 Å². The van der Waals surface area contributed by atoms with Crippen LogP contribution in [0.2, 0.25) is 0 Å². The lowest BCUT2D eigenvalue weighted by Crippen LogP contribution is -2.50. The molecule has 0 atom stereocenters. The number of carbonyl (C=O) groups excluding carboxylic acids is 2. The summed E-state index contributed by atoms with van der Waals surface area (Å²) in [6, 6.07) is 11.1. The fourth-order valence-corrected chi connectivity index (χ4v) is 2.77. The van der Waals surface area contributed by atoms with Crippen LogP contribution < -0.4 is 9.80 Å². The number of aromatic nitrogens is 2. The Bertz CT molecular complexity index is 715. The molecule has 1 fully saturated rings. The van der Waals surface area contributed by atoms with E-state index < -0.39 is 0 Å². The summed E-state index contributed by atoms with van der Waals surface area (Å²) in [6.07, 6.45) is 3.29. The summed E-state index contributed by atoms with van der Waals surface area (Å²) in [5, 5.41) is 0. The van der Waals surface area contributed by atoms with E-state index in [1.807, 2.05) is 35.2 Å². The van der Waals surface area contributed by atoms with E-state index in [-0.39, 0.29) is 18.2 Å². The molecule has 0 aliphatic carbocycles. The van der Waals surface area contributed by atoms with Gasteiger partial charge in [-0.15, -0.1) is 0 Å². The zero-order valence-electron chi connectivity index (χ0n) is 14.2. The summed E-state index contributed by atoms with van der Waals surface area (Å²) < 4.78 is 0. The van der Waals surface area contributed by atoms with E-state index in [2.05, 4.69) is 9.97 Å². The zero-order chi connectivity index (χ0) is 17.6. The Morgan fingerprint density at radius 3 is 2.28 bits per heavy atom. The second kappa shape index (κ2) is 7.74. The van der Waals surface area contributed by atoms with Crippen LogP contribution in [0, 0.1) is 0 Å². The van der Waals surface area contributed by atoms with Gasteiger partial charge >= 0.3 is 0 Å². The van der Waals surface area contributed by atoms with Crippen LogP contribution in [-0.2, 0) is 9.59 Å². The van der Waals surface area contributed by atoms with Gasteiger partial charge in [0.25, 0.3) is 0 Å². The van der Waals surface area contributed by atoms with Crippen molar-refractivity contribution < 1.29 is 9.59 Å². The fourth-order valence-electron chi connectivity index (χ4n) is 2.77. The number of rotatable bonds is 4. The highest BCUT2D eigenvalue weighted by atomic mass is 16.2. The molecule has 2 amide bonds. The molecule has 1 saturated heterocycles. The molecule has 7 heteroatoms. The van der Waals surface area contributed by atoms with Crippen molar-refractivity contribution in [3.05, 3.63) is 48.8 Å². The first-order chi connectivity index (χ1) is 12.1. The van der Waals surface area contributed by atoms with Crippen molar-refractivity contribution in [2.45, 2.75) is 6.42 Å². The number of nitrogens with zero attached hydrogens (tertiary/aromatic N) is 5. The van der Waals surface area contributed by atoms with E-state index in [4.69, 9.17) is 0 Å². The van der Waals surface area contributed by atoms with E-state index in [0.717, 1.165) is 5.69 Å². The summed E-state index contributed by atoms with van der Waals surface area (Å²) in [5.41, 5.74) is 0.784. The highest BCUT2D eigenvalue weighted by Crippen LogP contribution is 2.14. The molecule has 2 aromatic rings. The molecule has 1 aromatic heterocycles.